The van der Waals surface area contributed by atoms with Crippen LogP contribution in [-0.2, 0) is 29.1 Å². The maximum Gasteiger partial charge on any atom is 0.419 e. The summed E-state index contributed by atoms with van der Waals surface area (Å²) in [5.74, 6) is -0.553. The molecule has 1 amide bonds. The average molecular weight is 654 g/mol. The molecule has 0 saturated carbocycles. The monoisotopic (exact) mass is 653 g/mol. The Morgan fingerprint density at radius 2 is 1.56 bits per heavy atom. The SMILES string of the molecule is CCN(CC)c1ccc2cc(C(=O)NCCOCCOC(=O)n3cnc(CN(Cc4ccccn4)Cc4ccccn4)c3)c(=O)oc2c1. The molecule has 5 aromatic rings. The number of pyridine rings is 2. The molecule has 0 unspecified atom stereocenters. The number of carbonyl (C=O) groups excluding carboxylic acids is 2. The molecule has 0 aliphatic carbocycles. The molecule has 0 atom stereocenters. The van der Waals surface area contributed by atoms with Gasteiger partial charge in [0.05, 0.1) is 30.3 Å². The van der Waals surface area contributed by atoms with E-state index in [-0.39, 0.29) is 31.9 Å². The molecular formula is C35H39N7O6. The quantitative estimate of drug-likeness (QED) is 0.120. The molecule has 0 fully saturated rings. The van der Waals surface area contributed by atoms with Crippen LogP contribution in [0.15, 0.2) is 94.8 Å². The second-order valence-corrected chi connectivity index (χ2v) is 10.9. The molecular weight excluding hydrogens is 614 g/mol. The lowest BCUT2D eigenvalue weighted by Crippen LogP contribution is -2.31. The summed E-state index contributed by atoms with van der Waals surface area (Å²) in [5.41, 5.74) is 3.10. The Labute approximate surface area is 278 Å². The second kappa shape index (κ2) is 17.0. The number of anilines is 1. The molecule has 1 aromatic carbocycles. The highest BCUT2D eigenvalue weighted by molar-refractivity contribution is 5.97. The molecule has 0 radical (unpaired) electrons. The maximum atomic E-state index is 12.6. The van der Waals surface area contributed by atoms with E-state index in [0.717, 1.165) is 30.2 Å². The molecule has 0 aliphatic heterocycles. The topological polar surface area (TPSA) is 145 Å². The third kappa shape index (κ3) is 9.33. The van der Waals surface area contributed by atoms with E-state index in [2.05, 4.69) is 43.9 Å². The Kier molecular flexibility index (Phi) is 12.0. The first-order chi connectivity index (χ1) is 23.4. The Morgan fingerprint density at radius 3 is 2.23 bits per heavy atom. The largest absolute Gasteiger partial charge is 0.446 e. The van der Waals surface area contributed by atoms with Crippen LogP contribution in [0.5, 0.6) is 0 Å². The van der Waals surface area contributed by atoms with Crippen LogP contribution in [0.4, 0.5) is 10.5 Å². The van der Waals surface area contributed by atoms with Gasteiger partial charge in [-0.15, -0.1) is 0 Å². The van der Waals surface area contributed by atoms with Crippen LogP contribution >= 0.6 is 0 Å². The fourth-order valence-corrected chi connectivity index (χ4v) is 5.12. The number of ether oxygens (including phenoxy) is 2. The minimum atomic E-state index is -0.707. The summed E-state index contributed by atoms with van der Waals surface area (Å²) in [6.07, 6.45) is 5.98. The summed E-state index contributed by atoms with van der Waals surface area (Å²) in [6, 6.07) is 18.7. The van der Waals surface area contributed by atoms with Gasteiger partial charge < -0.3 is 24.1 Å². The summed E-state index contributed by atoms with van der Waals surface area (Å²) in [4.78, 5) is 55.3. The molecule has 4 heterocycles. The molecule has 1 N–H and O–H groups in total. The van der Waals surface area contributed by atoms with E-state index in [0.29, 0.717) is 36.3 Å². The number of amides is 1. The van der Waals surface area contributed by atoms with Gasteiger partial charge in [-0.3, -0.25) is 19.7 Å². The number of imidazole rings is 1. The maximum absolute atomic E-state index is 12.6. The summed E-state index contributed by atoms with van der Waals surface area (Å²) < 4.78 is 17.5. The van der Waals surface area contributed by atoms with Crippen LogP contribution in [-0.4, -0.2) is 75.9 Å². The van der Waals surface area contributed by atoms with Crippen molar-refractivity contribution < 1.29 is 23.5 Å². The number of nitrogens with zero attached hydrogens (tertiary/aromatic N) is 6. The van der Waals surface area contributed by atoms with Gasteiger partial charge in [0.1, 0.15) is 24.1 Å². The Balaban J connectivity index is 1.04. The molecule has 4 aromatic heterocycles. The van der Waals surface area contributed by atoms with Crippen molar-refractivity contribution in [3.05, 3.63) is 119 Å². The molecule has 5 rings (SSSR count). The summed E-state index contributed by atoms with van der Waals surface area (Å²) in [6.45, 7) is 7.84. The molecule has 48 heavy (non-hydrogen) atoms. The van der Waals surface area contributed by atoms with Gasteiger partial charge in [-0.05, 0) is 56.3 Å². The zero-order valence-electron chi connectivity index (χ0n) is 27.1. The number of nitrogens with one attached hydrogen (secondary N) is 1. The predicted octanol–water partition coefficient (Wildman–Crippen LogP) is 4.26. The third-order valence-electron chi connectivity index (χ3n) is 7.53. The fraction of sp³-hybridized carbons (Fsp3) is 0.314. The number of benzene rings is 1. The van der Waals surface area contributed by atoms with Crippen LogP contribution in [0, 0.1) is 0 Å². The van der Waals surface area contributed by atoms with E-state index in [9.17, 15) is 14.4 Å². The zero-order valence-corrected chi connectivity index (χ0v) is 27.1. The summed E-state index contributed by atoms with van der Waals surface area (Å²) in [5, 5.41) is 3.32. The van der Waals surface area contributed by atoms with Crippen molar-refractivity contribution in [2.45, 2.75) is 33.5 Å². The first-order valence-electron chi connectivity index (χ1n) is 15.8. The van der Waals surface area contributed by atoms with E-state index >= 15 is 0 Å². The molecule has 13 heteroatoms. The lowest BCUT2D eigenvalue weighted by molar-refractivity contribution is 0.0718. The number of aromatic nitrogens is 4. The first kappa shape index (κ1) is 33.9. The van der Waals surface area contributed by atoms with Gasteiger partial charge in [0, 0.05) is 75.0 Å². The highest BCUT2D eigenvalue weighted by Crippen LogP contribution is 2.22. The van der Waals surface area contributed by atoms with Crippen molar-refractivity contribution in [1.82, 2.24) is 29.7 Å². The highest BCUT2D eigenvalue weighted by Gasteiger charge is 2.16. The number of carbonyl (C=O) groups is 2. The zero-order chi connectivity index (χ0) is 33.7. The Morgan fingerprint density at radius 1 is 0.854 bits per heavy atom. The van der Waals surface area contributed by atoms with Crippen molar-refractivity contribution in [1.29, 1.82) is 0 Å². The second-order valence-electron chi connectivity index (χ2n) is 10.9. The van der Waals surface area contributed by atoms with Crippen molar-refractivity contribution in [3.63, 3.8) is 0 Å². The number of fused-ring (bicyclic) bond motifs is 1. The number of hydrogen-bond acceptors (Lipinski definition) is 11. The fourth-order valence-electron chi connectivity index (χ4n) is 5.12. The smallest absolute Gasteiger partial charge is 0.419 e. The lowest BCUT2D eigenvalue weighted by atomic mass is 10.1. The minimum absolute atomic E-state index is 0.00944. The predicted molar refractivity (Wildman–Crippen MR) is 180 cm³/mol. The minimum Gasteiger partial charge on any atom is -0.446 e. The van der Waals surface area contributed by atoms with Crippen molar-refractivity contribution in [2.75, 3.05) is 44.4 Å². The van der Waals surface area contributed by atoms with Gasteiger partial charge in [0.25, 0.3) is 5.91 Å². The molecule has 0 aliphatic rings. The Bertz CT molecular complexity index is 1800. The number of hydrogen-bond donors (Lipinski definition) is 1. The number of rotatable bonds is 16. The van der Waals surface area contributed by atoms with Crippen molar-refractivity contribution in [3.8, 4) is 0 Å². The van der Waals surface area contributed by atoms with E-state index in [1.807, 2.05) is 54.6 Å². The standard InChI is InChI=1S/C35H39N7O6/c1-3-41(4-2)30-12-11-26-19-31(34(44)48-32(26)20-30)33(43)38-15-16-46-17-18-47-35(45)42-24-29(39-25-42)23-40(21-27-9-5-7-13-36-27)22-28-10-6-8-14-37-28/h5-14,19-20,24-25H,3-4,15-18,21-23H2,1-2H3,(H,38,43). The Hall–Kier alpha value is -5.40. The van der Waals surface area contributed by atoms with E-state index < -0.39 is 17.6 Å². The van der Waals surface area contributed by atoms with E-state index in [1.165, 1.54) is 17.0 Å². The first-order valence-corrected chi connectivity index (χ1v) is 15.8. The van der Waals surface area contributed by atoms with Crippen LogP contribution in [0.25, 0.3) is 11.0 Å². The highest BCUT2D eigenvalue weighted by atomic mass is 16.6. The van der Waals surface area contributed by atoms with Crippen LogP contribution in [0.1, 0.15) is 41.3 Å². The summed E-state index contributed by atoms with van der Waals surface area (Å²) in [7, 11) is 0. The van der Waals surface area contributed by atoms with Gasteiger partial charge in [-0.1, -0.05) is 12.1 Å². The van der Waals surface area contributed by atoms with E-state index in [1.54, 1.807) is 18.6 Å². The van der Waals surface area contributed by atoms with Gasteiger partial charge in [-0.2, -0.15) is 0 Å². The third-order valence-corrected chi connectivity index (χ3v) is 7.53. The average Bonchev–Trinajstić information content (AvgIpc) is 3.57. The normalized spacial score (nSPS) is 11.1. The van der Waals surface area contributed by atoms with Crippen LogP contribution < -0.4 is 15.8 Å². The van der Waals surface area contributed by atoms with Crippen LogP contribution in [0.3, 0.4) is 0 Å². The molecule has 13 nitrogen and oxygen atoms in total. The lowest BCUT2D eigenvalue weighted by Gasteiger charge is -2.21. The van der Waals surface area contributed by atoms with Crippen LogP contribution in [0.2, 0.25) is 0 Å². The van der Waals surface area contributed by atoms with E-state index in [4.69, 9.17) is 13.9 Å². The van der Waals surface area contributed by atoms with Crippen molar-refractivity contribution in [2.24, 2.45) is 0 Å². The molecule has 0 bridgehead atoms. The van der Waals surface area contributed by atoms with Gasteiger partial charge in [0.15, 0.2) is 0 Å². The molecule has 0 saturated heterocycles. The van der Waals surface area contributed by atoms with Gasteiger partial charge >= 0.3 is 11.7 Å². The molecule has 0 spiro atoms. The molecule has 250 valence electrons. The van der Waals surface area contributed by atoms with Gasteiger partial charge in [-0.25, -0.2) is 19.1 Å². The summed E-state index contributed by atoms with van der Waals surface area (Å²) >= 11 is 0. The van der Waals surface area contributed by atoms with Crippen molar-refractivity contribution >= 4 is 28.7 Å². The van der Waals surface area contributed by atoms with Gasteiger partial charge in [0.2, 0.25) is 0 Å².